The fraction of sp³-hybridized carbons (Fsp3) is 0.520. The number of ether oxygens (including phenoxy) is 1. The first-order valence-corrected chi connectivity index (χ1v) is 14.3. The molecule has 2 saturated heterocycles. The average molecular weight is 527 g/mol. The van der Waals surface area contributed by atoms with E-state index in [2.05, 4.69) is 4.72 Å². The first-order valence-electron chi connectivity index (χ1n) is 11.7. The maximum atomic E-state index is 15.3. The summed E-state index contributed by atoms with van der Waals surface area (Å²) in [6.45, 7) is 6.99. The number of sulfonamides is 1. The van der Waals surface area contributed by atoms with Crippen LogP contribution in [0.3, 0.4) is 0 Å². The Balaban J connectivity index is 1.62. The highest BCUT2D eigenvalue weighted by Crippen LogP contribution is 2.39. The highest BCUT2D eigenvalue weighted by molar-refractivity contribution is 7.90. The molecule has 2 aromatic rings. The summed E-state index contributed by atoms with van der Waals surface area (Å²) in [7, 11) is -3.79. The standard InChI is InChI=1S/C25H32F2N2O4S2/c1-17-10-11-23(18-8-6-5-7-9-18)35(31,32)29(17)14-19-12-22(27)20(13-21(19)26)25(15-33-16-25)28-34(30)24(2,3)4/h5-9,12-13,17,23,28H,10-11,14-16H2,1-4H3/t17-,23+,34?/m0/s1. The van der Waals surface area contributed by atoms with Crippen LogP contribution in [0.5, 0.6) is 0 Å². The van der Waals surface area contributed by atoms with E-state index in [9.17, 15) is 13.0 Å². The number of benzene rings is 2. The van der Waals surface area contributed by atoms with Crippen molar-refractivity contribution in [3.63, 3.8) is 0 Å². The summed E-state index contributed by atoms with van der Waals surface area (Å²) in [5.41, 5.74) is -0.428. The molecule has 2 fully saturated rings. The third kappa shape index (κ3) is 5.14. The Labute approximate surface area is 209 Å². The summed E-state index contributed by atoms with van der Waals surface area (Å²) in [6.07, 6.45) is 1.09. The summed E-state index contributed by atoms with van der Waals surface area (Å²) in [4.78, 5) is 0. The molecule has 35 heavy (non-hydrogen) atoms. The van der Waals surface area contributed by atoms with Crippen LogP contribution in [0.1, 0.15) is 62.5 Å². The van der Waals surface area contributed by atoms with Gasteiger partial charge in [0.15, 0.2) is 0 Å². The largest absolute Gasteiger partial charge is 0.598 e. The minimum absolute atomic E-state index is 0.0271. The van der Waals surface area contributed by atoms with Gasteiger partial charge in [-0.1, -0.05) is 30.3 Å². The summed E-state index contributed by atoms with van der Waals surface area (Å²) in [5.74, 6) is -1.40. The Hall–Kier alpha value is -1.56. The first-order chi connectivity index (χ1) is 16.3. The van der Waals surface area contributed by atoms with Crippen molar-refractivity contribution >= 4 is 21.4 Å². The van der Waals surface area contributed by atoms with Crippen molar-refractivity contribution in [1.82, 2.24) is 9.03 Å². The minimum Gasteiger partial charge on any atom is -0.598 e. The summed E-state index contributed by atoms with van der Waals surface area (Å²) in [6, 6.07) is 10.8. The number of nitrogens with one attached hydrogen (secondary N) is 1. The van der Waals surface area contributed by atoms with Gasteiger partial charge in [0.05, 0.1) is 13.2 Å². The normalized spacial score (nSPS) is 25.1. The Morgan fingerprint density at radius 1 is 1.14 bits per heavy atom. The SMILES string of the molecule is C[C@H]1CC[C@H](c2ccccc2)S(=O)(=O)N1Cc1cc(F)c(C2(N[S+]([O-])C(C)(C)C)COC2)cc1F. The van der Waals surface area contributed by atoms with Crippen LogP contribution in [0.25, 0.3) is 0 Å². The maximum absolute atomic E-state index is 15.3. The van der Waals surface area contributed by atoms with E-state index in [-0.39, 0.29) is 36.9 Å². The molecule has 0 spiro atoms. The van der Waals surface area contributed by atoms with E-state index < -0.39 is 48.6 Å². The van der Waals surface area contributed by atoms with Crippen molar-refractivity contribution in [1.29, 1.82) is 0 Å². The second kappa shape index (κ2) is 9.72. The topological polar surface area (TPSA) is 81.7 Å². The van der Waals surface area contributed by atoms with E-state index in [4.69, 9.17) is 4.74 Å². The number of hydrogen-bond acceptors (Lipinski definition) is 5. The maximum Gasteiger partial charge on any atom is 0.221 e. The highest BCUT2D eigenvalue weighted by Gasteiger charge is 2.49. The number of halogens is 2. The van der Waals surface area contributed by atoms with E-state index in [1.807, 2.05) is 6.07 Å². The molecule has 192 valence electrons. The third-order valence-electron chi connectivity index (χ3n) is 6.72. The fourth-order valence-electron chi connectivity index (χ4n) is 4.50. The Bertz CT molecular complexity index is 1170. The van der Waals surface area contributed by atoms with Gasteiger partial charge in [-0.3, -0.25) is 0 Å². The molecule has 4 rings (SSSR count). The fourth-order valence-corrected chi connectivity index (χ4v) is 7.58. The second-order valence-corrected chi connectivity index (χ2v) is 14.4. The molecule has 1 unspecified atom stereocenters. The number of hydrogen-bond donors (Lipinski definition) is 1. The molecule has 0 radical (unpaired) electrons. The van der Waals surface area contributed by atoms with Gasteiger partial charge in [-0.2, -0.15) is 4.31 Å². The highest BCUT2D eigenvalue weighted by atomic mass is 32.2. The van der Waals surface area contributed by atoms with E-state index in [1.165, 1.54) is 4.31 Å². The Morgan fingerprint density at radius 2 is 1.80 bits per heavy atom. The van der Waals surface area contributed by atoms with Crippen LogP contribution in [0.2, 0.25) is 0 Å². The molecule has 3 atom stereocenters. The molecule has 0 bridgehead atoms. The number of rotatable bonds is 6. The van der Waals surface area contributed by atoms with Crippen molar-refractivity contribution in [2.45, 2.75) is 68.7 Å². The second-order valence-electron chi connectivity index (χ2n) is 10.4. The van der Waals surface area contributed by atoms with Gasteiger partial charge in [0.25, 0.3) is 0 Å². The zero-order chi connectivity index (χ0) is 25.6. The lowest BCUT2D eigenvalue weighted by Gasteiger charge is -2.43. The average Bonchev–Trinajstić information content (AvgIpc) is 2.75. The lowest BCUT2D eigenvalue weighted by atomic mass is 9.88. The van der Waals surface area contributed by atoms with Crippen molar-refractivity contribution in [2.24, 2.45) is 0 Å². The first kappa shape index (κ1) is 26.5. The predicted octanol–water partition coefficient (Wildman–Crippen LogP) is 4.30. The molecular weight excluding hydrogens is 494 g/mol. The summed E-state index contributed by atoms with van der Waals surface area (Å²) in [5, 5.41) is -0.723. The van der Waals surface area contributed by atoms with E-state index in [0.29, 0.717) is 18.4 Å². The monoisotopic (exact) mass is 526 g/mol. The van der Waals surface area contributed by atoms with Crippen LogP contribution >= 0.6 is 0 Å². The molecule has 0 aromatic heterocycles. The molecule has 2 heterocycles. The predicted molar refractivity (Wildman–Crippen MR) is 132 cm³/mol. The molecule has 6 nitrogen and oxygen atoms in total. The molecule has 0 saturated carbocycles. The van der Waals surface area contributed by atoms with Gasteiger partial charge in [-0.15, -0.1) is 4.72 Å². The van der Waals surface area contributed by atoms with Crippen LogP contribution < -0.4 is 4.72 Å². The summed E-state index contributed by atoms with van der Waals surface area (Å²) >= 11 is -1.53. The molecular formula is C25H32F2N2O4S2. The van der Waals surface area contributed by atoms with E-state index >= 15 is 8.78 Å². The van der Waals surface area contributed by atoms with Gasteiger partial charge in [-0.05, 0) is 58.2 Å². The smallest absolute Gasteiger partial charge is 0.221 e. The van der Waals surface area contributed by atoms with E-state index in [0.717, 1.165) is 12.1 Å². The van der Waals surface area contributed by atoms with Gasteiger partial charge in [-0.25, -0.2) is 17.2 Å². The van der Waals surface area contributed by atoms with Crippen LogP contribution in [0.4, 0.5) is 8.78 Å². The lowest BCUT2D eigenvalue weighted by molar-refractivity contribution is -0.0684. The van der Waals surface area contributed by atoms with Gasteiger partial charge >= 0.3 is 0 Å². The molecule has 0 aliphatic carbocycles. The van der Waals surface area contributed by atoms with Crippen molar-refractivity contribution < 1.29 is 26.5 Å². The van der Waals surface area contributed by atoms with Crippen molar-refractivity contribution in [3.05, 3.63) is 70.8 Å². The Kier molecular flexibility index (Phi) is 7.36. The lowest BCUT2D eigenvalue weighted by Crippen LogP contribution is -2.62. The molecule has 2 aromatic carbocycles. The Morgan fingerprint density at radius 3 is 2.37 bits per heavy atom. The molecule has 10 heteroatoms. The van der Waals surface area contributed by atoms with Gasteiger partial charge < -0.3 is 9.29 Å². The summed E-state index contributed by atoms with van der Waals surface area (Å²) < 4.78 is 79.2. The quantitative estimate of drug-likeness (QED) is 0.568. The van der Waals surface area contributed by atoms with Crippen LogP contribution in [0, 0.1) is 11.6 Å². The molecule has 2 aliphatic rings. The molecule has 2 aliphatic heterocycles. The van der Waals surface area contributed by atoms with E-state index in [1.54, 1.807) is 52.0 Å². The van der Waals surface area contributed by atoms with Crippen molar-refractivity contribution in [3.8, 4) is 0 Å². The van der Waals surface area contributed by atoms with Crippen LogP contribution in [-0.2, 0) is 38.2 Å². The van der Waals surface area contributed by atoms with Gasteiger partial charge in [0.2, 0.25) is 10.0 Å². The third-order valence-corrected chi connectivity index (χ3v) is 10.8. The van der Waals surface area contributed by atoms with Gasteiger partial charge in [0.1, 0.15) is 27.2 Å². The van der Waals surface area contributed by atoms with Gasteiger partial charge in [0, 0.05) is 35.1 Å². The zero-order valence-electron chi connectivity index (χ0n) is 20.4. The molecule has 0 amide bonds. The number of nitrogens with zero attached hydrogens (tertiary/aromatic N) is 1. The minimum atomic E-state index is -3.79. The van der Waals surface area contributed by atoms with Crippen LogP contribution in [0.15, 0.2) is 42.5 Å². The molecule has 1 N–H and O–H groups in total. The van der Waals surface area contributed by atoms with Crippen LogP contribution in [-0.4, -0.2) is 41.3 Å². The zero-order valence-corrected chi connectivity index (χ0v) is 22.0. The van der Waals surface area contributed by atoms with Crippen molar-refractivity contribution in [2.75, 3.05) is 13.2 Å².